The van der Waals surface area contributed by atoms with E-state index in [1.54, 1.807) is 0 Å². The second-order valence-electron chi connectivity index (χ2n) is 5.07. The van der Waals surface area contributed by atoms with Crippen LogP contribution in [0.5, 0.6) is 5.75 Å². The van der Waals surface area contributed by atoms with Gasteiger partial charge in [-0.05, 0) is 33.3 Å². The SMILES string of the molecule is CC1CC(C)(C)OB(c2ccc(O)cc2F)O1. The lowest BCUT2D eigenvalue weighted by molar-refractivity contribution is -0.0232. The Hall–Kier alpha value is -1.07. The van der Waals surface area contributed by atoms with Crippen LogP contribution >= 0.6 is 0 Å². The molecular formula is C12H16BFO3. The smallest absolute Gasteiger partial charge is 0.497 e. The van der Waals surface area contributed by atoms with Gasteiger partial charge < -0.3 is 14.4 Å². The van der Waals surface area contributed by atoms with Gasteiger partial charge in [-0.1, -0.05) is 6.07 Å². The quantitative estimate of drug-likeness (QED) is 0.758. The van der Waals surface area contributed by atoms with Gasteiger partial charge >= 0.3 is 7.12 Å². The summed E-state index contributed by atoms with van der Waals surface area (Å²) < 4.78 is 25.0. The van der Waals surface area contributed by atoms with E-state index in [4.69, 9.17) is 14.4 Å². The van der Waals surface area contributed by atoms with Crippen molar-refractivity contribution in [1.29, 1.82) is 0 Å². The minimum absolute atomic E-state index is 0.0111. The highest BCUT2D eigenvalue weighted by molar-refractivity contribution is 6.61. The number of hydrogen-bond acceptors (Lipinski definition) is 3. The van der Waals surface area contributed by atoms with Crippen molar-refractivity contribution < 1.29 is 18.8 Å². The zero-order valence-corrected chi connectivity index (χ0v) is 10.2. The van der Waals surface area contributed by atoms with Gasteiger partial charge in [0.1, 0.15) is 11.6 Å². The molecule has 3 nitrogen and oxygen atoms in total. The van der Waals surface area contributed by atoms with Crippen molar-refractivity contribution in [2.75, 3.05) is 0 Å². The van der Waals surface area contributed by atoms with Crippen molar-refractivity contribution in [3.05, 3.63) is 24.0 Å². The second-order valence-corrected chi connectivity index (χ2v) is 5.07. The molecule has 0 spiro atoms. The number of phenols is 1. The average Bonchev–Trinajstić information content (AvgIpc) is 2.13. The van der Waals surface area contributed by atoms with Crippen LogP contribution in [0.25, 0.3) is 0 Å². The molecule has 1 unspecified atom stereocenters. The van der Waals surface area contributed by atoms with Crippen molar-refractivity contribution in [2.24, 2.45) is 0 Å². The highest BCUT2D eigenvalue weighted by atomic mass is 19.1. The van der Waals surface area contributed by atoms with Gasteiger partial charge in [0.25, 0.3) is 0 Å². The fraction of sp³-hybridized carbons (Fsp3) is 0.500. The van der Waals surface area contributed by atoms with Crippen molar-refractivity contribution in [2.45, 2.75) is 38.9 Å². The Balaban J connectivity index is 2.27. The summed E-state index contributed by atoms with van der Waals surface area (Å²) in [5.41, 5.74) is -0.0189. The highest BCUT2D eigenvalue weighted by Gasteiger charge is 2.39. The summed E-state index contributed by atoms with van der Waals surface area (Å²) in [6.07, 6.45) is 0.778. The molecule has 5 heteroatoms. The van der Waals surface area contributed by atoms with Gasteiger partial charge in [-0.25, -0.2) is 4.39 Å². The molecule has 17 heavy (non-hydrogen) atoms. The van der Waals surface area contributed by atoms with Crippen molar-refractivity contribution in [1.82, 2.24) is 0 Å². The minimum atomic E-state index is -0.714. The van der Waals surface area contributed by atoms with Crippen LogP contribution in [0.1, 0.15) is 27.2 Å². The normalized spacial score (nSPS) is 23.8. The Bertz CT molecular complexity index is 422. The Morgan fingerprint density at radius 3 is 2.76 bits per heavy atom. The Labute approximate surface area is 101 Å². The lowest BCUT2D eigenvalue weighted by Gasteiger charge is -2.38. The molecule has 1 atom stereocenters. The number of rotatable bonds is 1. The van der Waals surface area contributed by atoms with Crippen LogP contribution in [0.15, 0.2) is 18.2 Å². The fourth-order valence-corrected chi connectivity index (χ4v) is 2.16. The molecule has 0 amide bonds. The van der Waals surface area contributed by atoms with Crippen molar-refractivity contribution in [3.8, 4) is 5.75 Å². The molecule has 1 aliphatic rings. The van der Waals surface area contributed by atoms with E-state index in [2.05, 4.69) is 0 Å². The van der Waals surface area contributed by atoms with Gasteiger partial charge in [-0.2, -0.15) is 0 Å². The van der Waals surface area contributed by atoms with Gasteiger partial charge in [0, 0.05) is 17.6 Å². The van der Waals surface area contributed by atoms with Gasteiger partial charge in [0.2, 0.25) is 0 Å². The zero-order valence-electron chi connectivity index (χ0n) is 10.2. The minimum Gasteiger partial charge on any atom is -0.508 e. The largest absolute Gasteiger partial charge is 0.508 e. The average molecular weight is 238 g/mol. The maximum absolute atomic E-state index is 13.7. The van der Waals surface area contributed by atoms with Gasteiger partial charge in [-0.3, -0.25) is 0 Å². The first-order chi connectivity index (χ1) is 7.87. The third-order valence-electron chi connectivity index (χ3n) is 2.80. The predicted molar refractivity (Wildman–Crippen MR) is 63.8 cm³/mol. The van der Waals surface area contributed by atoms with E-state index in [0.29, 0.717) is 5.46 Å². The van der Waals surface area contributed by atoms with E-state index < -0.39 is 12.9 Å². The molecule has 0 aliphatic carbocycles. The number of hydrogen-bond donors (Lipinski definition) is 1. The lowest BCUT2D eigenvalue weighted by atomic mass is 9.74. The summed E-state index contributed by atoms with van der Waals surface area (Å²) in [6.45, 7) is 5.85. The van der Waals surface area contributed by atoms with Gasteiger partial charge in [0.15, 0.2) is 0 Å². The molecule has 1 aliphatic heterocycles. The predicted octanol–water partition coefficient (Wildman–Crippen LogP) is 1.83. The van der Waals surface area contributed by atoms with E-state index >= 15 is 0 Å². The molecule has 0 bridgehead atoms. The molecule has 0 radical (unpaired) electrons. The number of halogens is 1. The molecule has 1 saturated heterocycles. The first kappa shape index (κ1) is 12.4. The van der Waals surface area contributed by atoms with Crippen LogP contribution in [0.2, 0.25) is 0 Å². The lowest BCUT2D eigenvalue weighted by Crippen LogP contribution is -2.52. The third kappa shape index (κ3) is 2.79. The fourth-order valence-electron chi connectivity index (χ4n) is 2.16. The summed E-state index contributed by atoms with van der Waals surface area (Å²) in [7, 11) is -0.714. The Kier molecular flexibility index (Phi) is 3.14. The molecule has 1 N–H and O–H groups in total. The molecule has 92 valence electrons. The van der Waals surface area contributed by atoms with Crippen LogP contribution in [-0.2, 0) is 9.31 Å². The van der Waals surface area contributed by atoms with E-state index in [1.165, 1.54) is 12.1 Å². The maximum atomic E-state index is 13.7. The summed E-state index contributed by atoms with van der Waals surface area (Å²) in [4.78, 5) is 0. The molecule has 1 aromatic carbocycles. The van der Waals surface area contributed by atoms with E-state index in [-0.39, 0.29) is 17.5 Å². The molecule has 1 aromatic rings. The molecule has 1 heterocycles. The molecular weight excluding hydrogens is 222 g/mol. The highest BCUT2D eigenvalue weighted by Crippen LogP contribution is 2.26. The van der Waals surface area contributed by atoms with E-state index in [1.807, 2.05) is 20.8 Å². The summed E-state index contributed by atoms with van der Waals surface area (Å²) in [5.74, 6) is -0.616. The van der Waals surface area contributed by atoms with Crippen LogP contribution in [0.4, 0.5) is 4.39 Å². The summed E-state index contributed by atoms with van der Waals surface area (Å²) >= 11 is 0. The monoisotopic (exact) mass is 238 g/mol. The van der Waals surface area contributed by atoms with Crippen LogP contribution in [0.3, 0.4) is 0 Å². The first-order valence-electron chi connectivity index (χ1n) is 5.69. The first-order valence-corrected chi connectivity index (χ1v) is 5.69. The number of aromatic hydroxyl groups is 1. The summed E-state index contributed by atoms with van der Waals surface area (Å²) in [5, 5.41) is 9.17. The third-order valence-corrected chi connectivity index (χ3v) is 2.80. The van der Waals surface area contributed by atoms with Crippen molar-refractivity contribution in [3.63, 3.8) is 0 Å². The van der Waals surface area contributed by atoms with Gasteiger partial charge in [0.05, 0.1) is 5.60 Å². The van der Waals surface area contributed by atoms with E-state index in [9.17, 15) is 4.39 Å². The van der Waals surface area contributed by atoms with E-state index in [0.717, 1.165) is 12.5 Å². The molecule has 0 saturated carbocycles. The Morgan fingerprint density at radius 2 is 2.18 bits per heavy atom. The molecule has 0 aromatic heterocycles. The topological polar surface area (TPSA) is 38.7 Å². The van der Waals surface area contributed by atoms with Crippen LogP contribution < -0.4 is 5.46 Å². The number of phenolic OH excluding ortho intramolecular Hbond substituents is 1. The standard InChI is InChI=1S/C12H16BFO3/c1-8-7-12(2,3)17-13(16-8)10-5-4-9(15)6-11(10)14/h4-6,8,15H,7H2,1-3H3. The maximum Gasteiger partial charge on any atom is 0.497 e. The van der Waals surface area contributed by atoms with Gasteiger partial charge in [-0.15, -0.1) is 0 Å². The second kappa shape index (κ2) is 4.31. The molecule has 1 fully saturated rings. The molecule has 2 rings (SSSR count). The van der Waals surface area contributed by atoms with Crippen molar-refractivity contribution >= 4 is 12.6 Å². The number of benzene rings is 1. The Morgan fingerprint density at radius 1 is 1.47 bits per heavy atom. The van der Waals surface area contributed by atoms with Crippen LogP contribution in [0, 0.1) is 5.82 Å². The van der Waals surface area contributed by atoms with Crippen LogP contribution in [-0.4, -0.2) is 23.9 Å². The zero-order chi connectivity index (χ0) is 12.6. The summed E-state index contributed by atoms with van der Waals surface area (Å²) in [6, 6.07) is 3.98.